The van der Waals surface area contributed by atoms with Crippen LogP contribution in [0.25, 0.3) is 0 Å². The fraction of sp³-hybridized carbons (Fsp3) is 0.923. The van der Waals surface area contributed by atoms with Crippen LogP contribution in [0.3, 0.4) is 0 Å². The van der Waals surface area contributed by atoms with Gasteiger partial charge in [0.2, 0.25) is 0 Å². The molecule has 16 heavy (non-hydrogen) atoms. The van der Waals surface area contributed by atoms with Crippen molar-refractivity contribution in [3.8, 4) is 0 Å². The highest BCUT2D eigenvalue weighted by Crippen LogP contribution is 2.04. The van der Waals surface area contributed by atoms with E-state index in [0.717, 1.165) is 0 Å². The Kier molecular flexibility index (Phi) is 12.2. The van der Waals surface area contributed by atoms with Crippen molar-refractivity contribution in [1.29, 1.82) is 0 Å². The van der Waals surface area contributed by atoms with Gasteiger partial charge in [-0.2, -0.15) is 0 Å². The first kappa shape index (κ1) is 17.8. The summed E-state index contributed by atoms with van der Waals surface area (Å²) in [6.07, 6.45) is 4.28. The number of hydrogen-bond acceptors (Lipinski definition) is 3. The van der Waals surface area contributed by atoms with Crippen LogP contribution in [0, 0.1) is 0 Å². The van der Waals surface area contributed by atoms with Gasteiger partial charge in [-0.25, -0.2) is 0 Å². The molecule has 0 amide bonds. The number of carbonyl (C=O) groups excluding carboxylic acids is 1. The lowest BCUT2D eigenvalue weighted by molar-refractivity contribution is -0.138. The van der Waals surface area contributed by atoms with Crippen LogP contribution in [0.15, 0.2) is 0 Å². The minimum absolute atomic E-state index is 0.318. The lowest BCUT2D eigenvalue weighted by atomic mass is 10.1. The van der Waals surface area contributed by atoms with E-state index in [1.807, 2.05) is 34.6 Å². The van der Waals surface area contributed by atoms with E-state index >= 15 is 0 Å². The maximum absolute atomic E-state index is 9.60. The van der Waals surface area contributed by atoms with E-state index in [1.54, 1.807) is 0 Å². The van der Waals surface area contributed by atoms with E-state index < -0.39 is 0 Å². The third kappa shape index (κ3) is 15.9. The van der Waals surface area contributed by atoms with Crippen molar-refractivity contribution >= 4 is 6.47 Å². The van der Waals surface area contributed by atoms with Crippen LogP contribution >= 0.6 is 0 Å². The van der Waals surface area contributed by atoms with Gasteiger partial charge in [-0.3, -0.25) is 4.79 Å². The van der Waals surface area contributed by atoms with Crippen molar-refractivity contribution in [2.45, 2.75) is 59.5 Å². The second kappa shape index (κ2) is 10.9. The zero-order chi connectivity index (χ0) is 13.0. The Labute approximate surface area is 101 Å². The van der Waals surface area contributed by atoms with Crippen LogP contribution in [0.2, 0.25) is 0 Å². The molecule has 0 aromatic rings. The number of ether oxygens (including phenoxy) is 1. The van der Waals surface area contributed by atoms with E-state index in [-0.39, 0.29) is 5.60 Å². The van der Waals surface area contributed by atoms with Gasteiger partial charge in [0, 0.05) is 0 Å². The molecule has 0 aromatic heterocycles. The summed E-state index contributed by atoms with van der Waals surface area (Å²) in [5.41, 5.74) is -0.318. The Hall–Kier alpha value is -0.570. The molecule has 1 fully saturated rings. The predicted molar refractivity (Wildman–Crippen MR) is 69.6 cm³/mol. The monoisotopic (exact) mass is 231 g/mol. The highest BCUT2D eigenvalue weighted by atomic mass is 16.5. The Morgan fingerprint density at radius 3 is 1.62 bits per heavy atom. The summed E-state index contributed by atoms with van der Waals surface area (Å²) in [7, 11) is 2.19. The largest absolute Gasteiger partial charge is 0.462 e. The average Bonchev–Trinajstić information content (AvgIpc) is 2.21. The van der Waals surface area contributed by atoms with Gasteiger partial charge < -0.3 is 9.64 Å². The molecule has 3 heteroatoms. The Balaban J connectivity index is 0. The molecular weight excluding hydrogens is 202 g/mol. The molecule has 0 aliphatic carbocycles. The van der Waals surface area contributed by atoms with E-state index in [4.69, 9.17) is 0 Å². The topological polar surface area (TPSA) is 29.5 Å². The fourth-order valence-corrected chi connectivity index (χ4v) is 1.20. The normalized spacial score (nSPS) is 16.1. The molecule has 1 aliphatic rings. The number of hydrogen-bond donors (Lipinski definition) is 0. The van der Waals surface area contributed by atoms with Gasteiger partial charge in [-0.15, -0.1) is 0 Å². The first-order chi connectivity index (χ1) is 7.45. The van der Waals surface area contributed by atoms with Gasteiger partial charge in [0.15, 0.2) is 0 Å². The van der Waals surface area contributed by atoms with Crippen LogP contribution in [-0.4, -0.2) is 37.1 Å². The maximum Gasteiger partial charge on any atom is 0.293 e. The number of rotatable bonds is 1. The molecule has 1 rings (SSSR count). The molecule has 0 bridgehead atoms. The molecule has 1 saturated heterocycles. The third-order valence-corrected chi connectivity index (χ3v) is 1.98. The molecule has 0 unspecified atom stereocenters. The Morgan fingerprint density at radius 2 is 1.50 bits per heavy atom. The zero-order valence-electron chi connectivity index (χ0n) is 11.9. The molecule has 0 N–H and O–H groups in total. The van der Waals surface area contributed by atoms with Gasteiger partial charge >= 0.3 is 0 Å². The van der Waals surface area contributed by atoms with Gasteiger partial charge in [0.1, 0.15) is 5.60 Å². The molecule has 3 nitrogen and oxygen atoms in total. The van der Waals surface area contributed by atoms with Crippen molar-refractivity contribution in [2.24, 2.45) is 0 Å². The number of likely N-dealkylation sites (tertiary alicyclic amines) is 1. The van der Waals surface area contributed by atoms with E-state index in [0.29, 0.717) is 6.47 Å². The minimum Gasteiger partial charge on any atom is -0.462 e. The number of carbonyl (C=O) groups is 1. The van der Waals surface area contributed by atoms with Crippen LogP contribution in [0.4, 0.5) is 0 Å². The lowest BCUT2D eigenvalue weighted by Crippen LogP contribution is -2.24. The van der Waals surface area contributed by atoms with Crippen LogP contribution in [0.1, 0.15) is 53.9 Å². The molecule has 0 saturated carbocycles. The molecular formula is C13H29NO2. The van der Waals surface area contributed by atoms with Crippen molar-refractivity contribution in [2.75, 3.05) is 20.1 Å². The van der Waals surface area contributed by atoms with Crippen molar-refractivity contribution < 1.29 is 9.53 Å². The zero-order valence-corrected chi connectivity index (χ0v) is 11.9. The summed E-state index contributed by atoms with van der Waals surface area (Å²) in [6.45, 7) is 12.6. The van der Waals surface area contributed by atoms with Crippen molar-refractivity contribution in [1.82, 2.24) is 4.90 Å². The molecule has 98 valence electrons. The van der Waals surface area contributed by atoms with Crippen LogP contribution < -0.4 is 0 Å². The quantitative estimate of drug-likeness (QED) is 0.649. The summed E-state index contributed by atoms with van der Waals surface area (Å²) in [4.78, 5) is 12.0. The predicted octanol–water partition coefficient (Wildman–Crippen LogP) is 3.09. The van der Waals surface area contributed by atoms with Gasteiger partial charge in [0.25, 0.3) is 6.47 Å². The standard InChI is InChI=1S/C6H13N.C5H10O2.C2H6/c1-7-5-3-2-4-6-7;1-5(2,3)7-4-6;1-2/h2-6H2,1H3;4H,1-3H3;1-2H3. The lowest BCUT2D eigenvalue weighted by Gasteiger charge is -2.20. The minimum atomic E-state index is -0.318. The van der Waals surface area contributed by atoms with Gasteiger partial charge in [0.05, 0.1) is 0 Å². The first-order valence-electron chi connectivity index (χ1n) is 6.26. The molecule has 0 radical (unpaired) electrons. The first-order valence-corrected chi connectivity index (χ1v) is 6.26. The maximum atomic E-state index is 9.60. The van der Waals surface area contributed by atoms with E-state index in [9.17, 15) is 4.79 Å². The Bertz CT molecular complexity index is 147. The molecule has 1 heterocycles. The third-order valence-electron chi connectivity index (χ3n) is 1.98. The SMILES string of the molecule is CC.CC(C)(C)OC=O.CN1CCCCC1. The fourth-order valence-electron chi connectivity index (χ4n) is 1.20. The molecule has 0 spiro atoms. The number of nitrogens with zero attached hydrogens (tertiary/aromatic N) is 1. The van der Waals surface area contributed by atoms with Crippen LogP contribution in [0.5, 0.6) is 0 Å². The summed E-state index contributed by atoms with van der Waals surface area (Å²) in [5.74, 6) is 0. The summed E-state index contributed by atoms with van der Waals surface area (Å²) < 4.78 is 4.55. The summed E-state index contributed by atoms with van der Waals surface area (Å²) in [5, 5.41) is 0. The second-order valence-corrected chi connectivity index (χ2v) is 4.69. The van der Waals surface area contributed by atoms with E-state index in [1.165, 1.54) is 32.4 Å². The highest BCUT2D eigenvalue weighted by molar-refractivity contribution is 5.37. The van der Waals surface area contributed by atoms with Gasteiger partial charge in [-0.1, -0.05) is 20.3 Å². The van der Waals surface area contributed by atoms with Crippen molar-refractivity contribution in [3.05, 3.63) is 0 Å². The van der Waals surface area contributed by atoms with Gasteiger partial charge in [-0.05, 0) is 53.8 Å². The Morgan fingerprint density at radius 1 is 1.06 bits per heavy atom. The van der Waals surface area contributed by atoms with Crippen LogP contribution in [-0.2, 0) is 9.53 Å². The molecule has 1 aliphatic heterocycles. The second-order valence-electron chi connectivity index (χ2n) is 4.69. The molecule has 0 aromatic carbocycles. The van der Waals surface area contributed by atoms with Crippen molar-refractivity contribution in [3.63, 3.8) is 0 Å². The van der Waals surface area contributed by atoms with E-state index in [2.05, 4.69) is 16.7 Å². The highest BCUT2D eigenvalue weighted by Gasteiger charge is 2.07. The smallest absolute Gasteiger partial charge is 0.293 e. The molecule has 0 atom stereocenters. The summed E-state index contributed by atoms with van der Waals surface area (Å²) >= 11 is 0. The summed E-state index contributed by atoms with van der Waals surface area (Å²) in [6, 6.07) is 0. The average molecular weight is 231 g/mol. The number of piperidine rings is 1.